The minimum Gasteiger partial charge on any atom is -0.439 e. The Morgan fingerprint density at radius 3 is 3.31 bits per heavy atom. The lowest BCUT2D eigenvalue weighted by Gasteiger charge is -2.05. The number of hydrogen-bond donors (Lipinski definition) is 1. The first kappa shape index (κ1) is 6.88. The first-order chi connectivity index (χ1) is 6.30. The van der Waals surface area contributed by atoms with Gasteiger partial charge in [-0.2, -0.15) is 0 Å². The van der Waals surface area contributed by atoms with Crippen LogP contribution in [0.15, 0.2) is 12.4 Å². The predicted octanol–water partition coefficient (Wildman–Crippen LogP) is -0.299. The molecule has 2 aliphatic rings. The summed E-state index contributed by atoms with van der Waals surface area (Å²) in [7, 11) is 0. The molecule has 1 aliphatic heterocycles. The van der Waals surface area contributed by atoms with E-state index in [0.29, 0.717) is 6.54 Å². The Kier molecular flexibility index (Phi) is 1.06. The molecule has 2 unspecified atom stereocenters. The van der Waals surface area contributed by atoms with Gasteiger partial charge in [-0.05, 0) is 0 Å². The maximum atomic E-state index is 10.8. The van der Waals surface area contributed by atoms with E-state index in [-0.39, 0.29) is 17.7 Å². The Hall–Kier alpha value is -1.59. The second-order valence-electron chi connectivity index (χ2n) is 3.41. The molecule has 3 rings (SSSR count). The number of alkyl carbamates (subject to hydrolysis) is 1. The molecule has 1 saturated carbocycles. The molecular formula is C7H8N4O2. The molecule has 1 amide bonds. The summed E-state index contributed by atoms with van der Waals surface area (Å²) in [5.41, 5.74) is -0.342. The van der Waals surface area contributed by atoms with Crippen LogP contribution in [-0.2, 0) is 4.74 Å². The van der Waals surface area contributed by atoms with Gasteiger partial charge >= 0.3 is 6.09 Å². The highest BCUT2D eigenvalue weighted by Crippen LogP contribution is 2.51. The average Bonchev–Trinajstić information content (AvgIpc) is 2.57. The van der Waals surface area contributed by atoms with Gasteiger partial charge in [0.15, 0.2) is 5.60 Å². The Morgan fingerprint density at radius 1 is 1.77 bits per heavy atom. The van der Waals surface area contributed by atoms with Crippen molar-refractivity contribution in [3.05, 3.63) is 12.4 Å². The van der Waals surface area contributed by atoms with Crippen LogP contribution in [0.3, 0.4) is 0 Å². The van der Waals surface area contributed by atoms with Crippen LogP contribution in [0.5, 0.6) is 0 Å². The Balaban J connectivity index is 1.83. The van der Waals surface area contributed by atoms with Crippen LogP contribution in [-0.4, -0.2) is 33.2 Å². The predicted molar refractivity (Wildman–Crippen MR) is 40.9 cm³/mol. The zero-order valence-electron chi connectivity index (χ0n) is 6.80. The minimum atomic E-state index is -0.342. The van der Waals surface area contributed by atoms with Crippen molar-refractivity contribution in [1.82, 2.24) is 20.3 Å². The zero-order chi connectivity index (χ0) is 8.89. The second kappa shape index (κ2) is 2.01. The third-order valence-electron chi connectivity index (χ3n) is 2.57. The average molecular weight is 180 g/mol. The topological polar surface area (TPSA) is 69.0 Å². The molecule has 13 heavy (non-hydrogen) atoms. The highest BCUT2D eigenvalue weighted by molar-refractivity contribution is 5.71. The van der Waals surface area contributed by atoms with Crippen LogP contribution in [0.1, 0.15) is 12.5 Å². The van der Waals surface area contributed by atoms with Gasteiger partial charge in [-0.15, -0.1) is 5.10 Å². The van der Waals surface area contributed by atoms with Crippen LogP contribution in [0.25, 0.3) is 0 Å². The molecule has 2 atom stereocenters. The molecule has 6 nitrogen and oxygen atoms in total. The molecule has 1 aromatic rings. The maximum absolute atomic E-state index is 10.8. The Bertz CT molecular complexity index is 349. The van der Waals surface area contributed by atoms with Crippen molar-refractivity contribution in [2.75, 3.05) is 6.54 Å². The van der Waals surface area contributed by atoms with Crippen LogP contribution in [0.2, 0.25) is 0 Å². The molecule has 0 bridgehead atoms. The van der Waals surface area contributed by atoms with E-state index in [2.05, 4.69) is 15.6 Å². The fraction of sp³-hybridized carbons (Fsp3) is 0.571. The highest BCUT2D eigenvalue weighted by Gasteiger charge is 2.63. The molecule has 2 heterocycles. The van der Waals surface area contributed by atoms with Gasteiger partial charge in [0.25, 0.3) is 0 Å². The second-order valence-corrected chi connectivity index (χ2v) is 3.41. The Morgan fingerprint density at radius 2 is 2.69 bits per heavy atom. The van der Waals surface area contributed by atoms with Gasteiger partial charge in [0.1, 0.15) is 0 Å². The van der Waals surface area contributed by atoms with E-state index in [9.17, 15) is 4.79 Å². The monoisotopic (exact) mass is 180 g/mol. The van der Waals surface area contributed by atoms with Crippen molar-refractivity contribution in [3.63, 3.8) is 0 Å². The summed E-state index contributed by atoms with van der Waals surface area (Å²) < 4.78 is 6.89. The fourth-order valence-corrected chi connectivity index (χ4v) is 1.76. The molecule has 1 aromatic heterocycles. The normalized spacial score (nSPS) is 36.0. The van der Waals surface area contributed by atoms with E-state index < -0.39 is 0 Å². The lowest BCUT2D eigenvalue weighted by atomic mass is 10.3. The van der Waals surface area contributed by atoms with Crippen LogP contribution in [0.4, 0.5) is 4.79 Å². The van der Waals surface area contributed by atoms with Crippen molar-refractivity contribution in [1.29, 1.82) is 0 Å². The summed E-state index contributed by atoms with van der Waals surface area (Å²) in [6.45, 7) is 0.580. The SMILES string of the molecule is O=C1NCC2(CC2n2ccnn2)O1. The fourth-order valence-electron chi connectivity index (χ4n) is 1.76. The van der Waals surface area contributed by atoms with Crippen molar-refractivity contribution in [2.45, 2.75) is 18.1 Å². The van der Waals surface area contributed by atoms with Gasteiger partial charge < -0.3 is 10.1 Å². The van der Waals surface area contributed by atoms with Gasteiger partial charge in [0, 0.05) is 12.6 Å². The van der Waals surface area contributed by atoms with Gasteiger partial charge in [0.2, 0.25) is 0 Å². The number of nitrogens with zero attached hydrogens (tertiary/aromatic N) is 3. The Labute approximate surface area is 73.9 Å². The molecule has 1 N–H and O–H groups in total. The summed E-state index contributed by atoms with van der Waals surface area (Å²) >= 11 is 0. The van der Waals surface area contributed by atoms with E-state index in [1.54, 1.807) is 17.1 Å². The van der Waals surface area contributed by atoms with Gasteiger partial charge in [-0.25, -0.2) is 9.48 Å². The third kappa shape index (κ3) is 0.851. The van der Waals surface area contributed by atoms with E-state index in [1.807, 2.05) is 0 Å². The lowest BCUT2D eigenvalue weighted by Crippen LogP contribution is -2.19. The molecule has 2 fully saturated rings. The summed E-state index contributed by atoms with van der Waals surface area (Å²) in [5, 5.41) is 10.2. The van der Waals surface area contributed by atoms with Gasteiger partial charge in [-0.3, -0.25) is 0 Å². The number of ether oxygens (including phenoxy) is 1. The summed E-state index contributed by atoms with van der Waals surface area (Å²) in [4.78, 5) is 10.8. The maximum Gasteiger partial charge on any atom is 0.407 e. The summed E-state index contributed by atoms with van der Waals surface area (Å²) in [6.07, 6.45) is 3.90. The van der Waals surface area contributed by atoms with Crippen LogP contribution >= 0.6 is 0 Å². The number of carbonyl (C=O) groups excluding carboxylic acids is 1. The smallest absolute Gasteiger partial charge is 0.407 e. The summed E-state index contributed by atoms with van der Waals surface area (Å²) in [6, 6.07) is 0.161. The standard InChI is InChI=1S/C7H8N4O2/c12-6-8-4-7(13-6)3-5(7)11-2-1-9-10-11/h1-2,5H,3-4H2,(H,8,12). The first-order valence-electron chi connectivity index (χ1n) is 4.13. The molecule has 1 aliphatic carbocycles. The summed E-state index contributed by atoms with van der Waals surface area (Å²) in [5.74, 6) is 0. The van der Waals surface area contributed by atoms with Crippen LogP contribution in [0, 0.1) is 0 Å². The van der Waals surface area contributed by atoms with Gasteiger partial charge in [0.05, 0.1) is 18.8 Å². The molecule has 68 valence electrons. The van der Waals surface area contributed by atoms with E-state index in [1.165, 1.54) is 0 Å². The number of aromatic nitrogens is 3. The van der Waals surface area contributed by atoms with Crippen LogP contribution < -0.4 is 5.32 Å². The van der Waals surface area contributed by atoms with Crippen molar-refractivity contribution >= 4 is 6.09 Å². The number of amides is 1. The van der Waals surface area contributed by atoms with Crippen molar-refractivity contribution < 1.29 is 9.53 Å². The van der Waals surface area contributed by atoms with E-state index in [4.69, 9.17) is 4.74 Å². The number of hydrogen-bond acceptors (Lipinski definition) is 4. The molecule has 0 aromatic carbocycles. The first-order valence-corrected chi connectivity index (χ1v) is 4.13. The number of rotatable bonds is 1. The number of carbonyl (C=O) groups is 1. The van der Waals surface area contributed by atoms with E-state index in [0.717, 1.165) is 6.42 Å². The number of nitrogens with one attached hydrogen (secondary N) is 1. The molecule has 0 radical (unpaired) electrons. The lowest BCUT2D eigenvalue weighted by molar-refractivity contribution is 0.117. The highest BCUT2D eigenvalue weighted by atomic mass is 16.6. The largest absolute Gasteiger partial charge is 0.439 e. The zero-order valence-corrected chi connectivity index (χ0v) is 6.80. The quantitative estimate of drug-likeness (QED) is 0.644. The molecule has 1 saturated heterocycles. The van der Waals surface area contributed by atoms with Crippen molar-refractivity contribution in [2.24, 2.45) is 0 Å². The third-order valence-corrected chi connectivity index (χ3v) is 2.57. The molecule has 6 heteroatoms. The molecular weight excluding hydrogens is 172 g/mol. The van der Waals surface area contributed by atoms with E-state index >= 15 is 0 Å². The van der Waals surface area contributed by atoms with Gasteiger partial charge in [-0.1, -0.05) is 5.21 Å². The minimum absolute atomic E-state index is 0.161. The molecule has 1 spiro atoms. The van der Waals surface area contributed by atoms with Crippen molar-refractivity contribution in [3.8, 4) is 0 Å².